The Morgan fingerprint density at radius 3 is 2.45 bits per heavy atom. The predicted molar refractivity (Wildman–Crippen MR) is 84.3 cm³/mol. The van der Waals surface area contributed by atoms with Crippen LogP contribution in [0.5, 0.6) is 0 Å². The van der Waals surface area contributed by atoms with E-state index in [4.69, 9.17) is 11.6 Å². The zero-order chi connectivity index (χ0) is 14.6. The van der Waals surface area contributed by atoms with Crippen LogP contribution in [-0.4, -0.2) is 25.6 Å². The number of para-hydroxylation sites is 1. The van der Waals surface area contributed by atoms with Crippen LogP contribution in [-0.2, 0) is 9.84 Å². The van der Waals surface area contributed by atoms with Gasteiger partial charge in [0.2, 0.25) is 0 Å². The predicted octanol–water partition coefficient (Wildman–Crippen LogP) is 3.83. The summed E-state index contributed by atoms with van der Waals surface area (Å²) in [5.41, 5.74) is 0.524. The molecular formula is C15H22ClNO2S. The summed E-state index contributed by atoms with van der Waals surface area (Å²) in [6.45, 7) is 1.67. The van der Waals surface area contributed by atoms with Crippen molar-refractivity contribution in [3.63, 3.8) is 0 Å². The van der Waals surface area contributed by atoms with Crippen LogP contribution in [0.1, 0.15) is 39.0 Å². The molecule has 0 radical (unpaired) electrons. The Morgan fingerprint density at radius 2 is 1.85 bits per heavy atom. The molecule has 0 saturated heterocycles. The fourth-order valence-corrected chi connectivity index (χ4v) is 4.19. The third-order valence-electron chi connectivity index (χ3n) is 4.07. The lowest BCUT2D eigenvalue weighted by Gasteiger charge is -2.38. The molecule has 1 saturated carbocycles. The van der Waals surface area contributed by atoms with Crippen molar-refractivity contribution >= 4 is 27.1 Å². The van der Waals surface area contributed by atoms with Gasteiger partial charge in [-0.15, -0.1) is 11.6 Å². The summed E-state index contributed by atoms with van der Waals surface area (Å²) in [6.07, 6.45) is 5.51. The monoisotopic (exact) mass is 315 g/mol. The fraction of sp³-hybridized carbons (Fsp3) is 0.600. The van der Waals surface area contributed by atoms with Crippen LogP contribution >= 0.6 is 11.6 Å². The van der Waals surface area contributed by atoms with E-state index in [0.717, 1.165) is 25.7 Å². The van der Waals surface area contributed by atoms with Crippen LogP contribution < -0.4 is 5.32 Å². The van der Waals surface area contributed by atoms with Crippen molar-refractivity contribution in [2.24, 2.45) is 0 Å². The van der Waals surface area contributed by atoms with Crippen LogP contribution in [0.15, 0.2) is 29.2 Å². The van der Waals surface area contributed by atoms with Crippen LogP contribution in [0.25, 0.3) is 0 Å². The minimum absolute atomic E-state index is 0.111. The lowest BCUT2D eigenvalue weighted by atomic mass is 9.83. The van der Waals surface area contributed by atoms with Crippen LogP contribution in [0.3, 0.4) is 0 Å². The maximum absolute atomic E-state index is 12.2. The molecule has 20 heavy (non-hydrogen) atoms. The summed E-state index contributed by atoms with van der Waals surface area (Å²) in [7, 11) is -3.22. The highest BCUT2D eigenvalue weighted by Gasteiger charge is 2.32. The zero-order valence-electron chi connectivity index (χ0n) is 11.9. The summed E-state index contributed by atoms with van der Waals surface area (Å²) in [4.78, 5) is 0.387. The summed E-state index contributed by atoms with van der Waals surface area (Å²) in [5, 5.41) is 3.44. The molecule has 0 heterocycles. The Bertz CT molecular complexity index is 551. The van der Waals surface area contributed by atoms with E-state index in [1.54, 1.807) is 19.1 Å². The van der Waals surface area contributed by atoms with Gasteiger partial charge in [-0.3, -0.25) is 0 Å². The molecular weight excluding hydrogens is 294 g/mol. The van der Waals surface area contributed by atoms with Gasteiger partial charge in [-0.05, 0) is 25.0 Å². The largest absolute Gasteiger partial charge is 0.377 e. The molecule has 0 atom stereocenters. The second-order valence-electron chi connectivity index (χ2n) is 5.50. The molecule has 5 heteroatoms. The number of sulfone groups is 1. The maximum atomic E-state index is 12.2. The summed E-state index contributed by atoms with van der Waals surface area (Å²) >= 11 is 6.18. The summed E-state index contributed by atoms with van der Waals surface area (Å²) in [6, 6.07) is 7.14. The molecule has 1 aliphatic carbocycles. The number of rotatable bonds is 5. The Labute approximate surface area is 126 Å². The van der Waals surface area contributed by atoms with E-state index >= 15 is 0 Å². The fourth-order valence-electron chi connectivity index (χ4n) is 2.80. The average molecular weight is 316 g/mol. The van der Waals surface area contributed by atoms with Gasteiger partial charge in [-0.1, -0.05) is 38.3 Å². The van der Waals surface area contributed by atoms with Gasteiger partial charge in [0.05, 0.1) is 21.9 Å². The molecule has 112 valence electrons. The van der Waals surface area contributed by atoms with Gasteiger partial charge in [-0.2, -0.15) is 0 Å². The first kappa shape index (κ1) is 15.6. The van der Waals surface area contributed by atoms with Crippen LogP contribution in [0.2, 0.25) is 0 Å². The Kier molecular flexibility index (Phi) is 4.97. The molecule has 1 fully saturated rings. The van der Waals surface area contributed by atoms with Crippen molar-refractivity contribution < 1.29 is 8.42 Å². The number of hydrogen-bond acceptors (Lipinski definition) is 3. The number of halogens is 1. The SMILES string of the molecule is CCS(=O)(=O)c1ccccc1NC1(CCl)CCCCC1. The quantitative estimate of drug-likeness (QED) is 0.840. The standard InChI is InChI=1S/C15H22ClNO2S/c1-2-20(18,19)14-9-5-4-8-13(14)17-15(12-16)10-6-3-7-11-15/h4-5,8-9,17H,2-3,6-7,10-12H2,1H3. The van der Waals surface area contributed by atoms with Gasteiger partial charge in [0.15, 0.2) is 9.84 Å². The molecule has 1 aromatic rings. The average Bonchev–Trinajstić information content (AvgIpc) is 2.48. The van der Waals surface area contributed by atoms with Crippen molar-refractivity contribution in [1.29, 1.82) is 0 Å². The molecule has 0 bridgehead atoms. The van der Waals surface area contributed by atoms with Gasteiger partial charge in [-0.25, -0.2) is 8.42 Å². The van der Waals surface area contributed by atoms with E-state index in [9.17, 15) is 8.42 Å². The first-order chi connectivity index (χ1) is 9.53. The molecule has 0 aliphatic heterocycles. The second kappa shape index (κ2) is 6.35. The number of nitrogens with one attached hydrogen (secondary N) is 1. The lowest BCUT2D eigenvalue weighted by Crippen LogP contribution is -2.42. The second-order valence-corrected chi connectivity index (χ2v) is 8.01. The van der Waals surface area contributed by atoms with Gasteiger partial charge >= 0.3 is 0 Å². The van der Waals surface area contributed by atoms with Crippen molar-refractivity contribution in [3.8, 4) is 0 Å². The van der Waals surface area contributed by atoms with E-state index in [-0.39, 0.29) is 11.3 Å². The Morgan fingerprint density at radius 1 is 1.20 bits per heavy atom. The van der Waals surface area contributed by atoms with E-state index in [0.29, 0.717) is 16.5 Å². The van der Waals surface area contributed by atoms with Gasteiger partial charge in [0.25, 0.3) is 0 Å². The topological polar surface area (TPSA) is 46.2 Å². The number of anilines is 1. The van der Waals surface area contributed by atoms with Crippen molar-refractivity contribution in [1.82, 2.24) is 0 Å². The Balaban J connectivity index is 2.34. The normalized spacial score (nSPS) is 18.7. The van der Waals surface area contributed by atoms with Crippen LogP contribution in [0, 0.1) is 0 Å². The van der Waals surface area contributed by atoms with Gasteiger partial charge in [0.1, 0.15) is 0 Å². The minimum Gasteiger partial charge on any atom is -0.377 e. The zero-order valence-corrected chi connectivity index (χ0v) is 13.4. The van der Waals surface area contributed by atoms with Crippen molar-refractivity contribution in [2.45, 2.75) is 49.5 Å². The third-order valence-corrected chi connectivity index (χ3v) is 6.37. The smallest absolute Gasteiger partial charge is 0.180 e. The highest BCUT2D eigenvalue weighted by atomic mass is 35.5. The first-order valence-corrected chi connectivity index (χ1v) is 9.38. The molecule has 0 spiro atoms. The van der Waals surface area contributed by atoms with E-state index in [2.05, 4.69) is 5.32 Å². The van der Waals surface area contributed by atoms with E-state index in [1.807, 2.05) is 12.1 Å². The van der Waals surface area contributed by atoms with Crippen LogP contribution in [0.4, 0.5) is 5.69 Å². The van der Waals surface area contributed by atoms with Crippen molar-refractivity contribution in [2.75, 3.05) is 16.9 Å². The molecule has 1 aliphatic rings. The first-order valence-electron chi connectivity index (χ1n) is 7.19. The lowest BCUT2D eigenvalue weighted by molar-refractivity contribution is 0.353. The molecule has 0 aromatic heterocycles. The molecule has 1 N–H and O–H groups in total. The Hall–Kier alpha value is -0.740. The van der Waals surface area contributed by atoms with Gasteiger partial charge in [0, 0.05) is 5.88 Å². The molecule has 1 aromatic carbocycles. The molecule has 2 rings (SSSR count). The van der Waals surface area contributed by atoms with Crippen molar-refractivity contribution in [3.05, 3.63) is 24.3 Å². The summed E-state index contributed by atoms with van der Waals surface area (Å²) < 4.78 is 24.4. The van der Waals surface area contributed by atoms with E-state index < -0.39 is 9.84 Å². The third kappa shape index (κ3) is 3.29. The number of hydrogen-bond donors (Lipinski definition) is 1. The van der Waals surface area contributed by atoms with Gasteiger partial charge < -0.3 is 5.32 Å². The number of benzene rings is 1. The highest BCUT2D eigenvalue weighted by Crippen LogP contribution is 2.34. The van der Waals surface area contributed by atoms with E-state index in [1.165, 1.54) is 6.42 Å². The summed E-state index contributed by atoms with van der Waals surface area (Å²) in [5.74, 6) is 0.618. The minimum atomic E-state index is -3.22. The number of alkyl halides is 1. The maximum Gasteiger partial charge on any atom is 0.180 e. The highest BCUT2D eigenvalue weighted by molar-refractivity contribution is 7.91. The molecule has 3 nitrogen and oxygen atoms in total. The molecule has 0 unspecified atom stereocenters. The molecule has 0 amide bonds.